The lowest BCUT2D eigenvalue weighted by Gasteiger charge is -2.38. The van der Waals surface area contributed by atoms with Gasteiger partial charge in [0, 0.05) is 18.2 Å². The Balaban J connectivity index is 1.12. The second-order valence-electron chi connectivity index (χ2n) is 11.1. The van der Waals surface area contributed by atoms with Crippen LogP contribution in [0.2, 0.25) is 0 Å². The average molecular weight is 545 g/mol. The molecule has 0 unspecified atom stereocenters. The molecule has 10 heteroatoms. The normalized spacial score (nSPS) is 27.5. The van der Waals surface area contributed by atoms with Crippen molar-refractivity contribution < 1.29 is 37.0 Å². The van der Waals surface area contributed by atoms with E-state index in [4.69, 9.17) is 14.2 Å². The van der Waals surface area contributed by atoms with Gasteiger partial charge in [-0.05, 0) is 87.0 Å². The van der Waals surface area contributed by atoms with Gasteiger partial charge in [-0.25, -0.2) is 0 Å². The lowest BCUT2D eigenvalue weighted by molar-refractivity contribution is -0.149. The molecule has 208 valence electrons. The van der Waals surface area contributed by atoms with Crippen LogP contribution >= 0.6 is 0 Å². The highest BCUT2D eigenvalue weighted by Crippen LogP contribution is 2.51. The third kappa shape index (κ3) is 4.89. The van der Waals surface area contributed by atoms with Gasteiger partial charge < -0.3 is 24.0 Å². The molecular weight excluding hydrogens is 513 g/mol. The summed E-state index contributed by atoms with van der Waals surface area (Å²) in [4.78, 5) is 28.6. The summed E-state index contributed by atoms with van der Waals surface area (Å²) in [6, 6.07) is 11.3. The monoisotopic (exact) mass is 544 g/mol. The number of nitrogens with zero attached hydrogens (tertiary/aromatic N) is 2. The summed E-state index contributed by atoms with van der Waals surface area (Å²) in [5.74, 6) is 1.22. The van der Waals surface area contributed by atoms with Gasteiger partial charge in [0.25, 0.3) is 6.47 Å². The SMILES string of the molecule is O=COc1cccc(C2CCN([C@@H]3C[C@H]4OCC[C@@]4(C(=O)N4COc5ccc(C(F)(F)F)cc5C4)C3)CC2)c1. The highest BCUT2D eigenvalue weighted by molar-refractivity contribution is 5.84. The number of carbonyl (C=O) groups excluding carboxylic acids is 2. The Bertz CT molecular complexity index is 1250. The van der Waals surface area contributed by atoms with Crippen LogP contribution in [-0.4, -0.2) is 60.8 Å². The van der Waals surface area contributed by atoms with Crippen LogP contribution in [0.3, 0.4) is 0 Å². The number of piperidine rings is 1. The lowest BCUT2D eigenvalue weighted by atomic mass is 9.80. The quantitative estimate of drug-likeness (QED) is 0.507. The van der Waals surface area contributed by atoms with Gasteiger partial charge in [0.2, 0.25) is 5.91 Å². The molecule has 2 aromatic rings. The molecule has 3 atom stereocenters. The lowest BCUT2D eigenvalue weighted by Crippen LogP contribution is -2.49. The number of alkyl halides is 3. The first kappa shape index (κ1) is 26.1. The number of halogens is 3. The molecule has 0 aromatic heterocycles. The molecule has 0 spiro atoms. The largest absolute Gasteiger partial charge is 0.473 e. The van der Waals surface area contributed by atoms with Crippen molar-refractivity contribution in [3.63, 3.8) is 0 Å². The van der Waals surface area contributed by atoms with Gasteiger partial charge in [-0.2, -0.15) is 13.2 Å². The van der Waals surface area contributed by atoms with E-state index in [1.54, 1.807) is 11.0 Å². The molecule has 3 fully saturated rings. The van der Waals surface area contributed by atoms with Crippen molar-refractivity contribution in [2.75, 3.05) is 26.4 Å². The summed E-state index contributed by atoms with van der Waals surface area (Å²) in [6.07, 6.45) is -0.676. The van der Waals surface area contributed by atoms with E-state index in [1.807, 2.05) is 12.1 Å². The highest BCUT2D eigenvalue weighted by Gasteiger charge is 2.58. The fourth-order valence-electron chi connectivity index (χ4n) is 6.95. The molecule has 0 N–H and O–H groups in total. The molecule has 0 radical (unpaired) electrons. The van der Waals surface area contributed by atoms with Crippen molar-refractivity contribution in [1.82, 2.24) is 9.80 Å². The number of likely N-dealkylation sites (tertiary alicyclic amines) is 1. The van der Waals surface area contributed by atoms with Crippen molar-refractivity contribution in [2.45, 2.75) is 62.9 Å². The fourth-order valence-corrected chi connectivity index (χ4v) is 6.95. The predicted octanol–water partition coefficient (Wildman–Crippen LogP) is 4.74. The van der Waals surface area contributed by atoms with Crippen LogP contribution in [-0.2, 0) is 27.0 Å². The Kier molecular flexibility index (Phi) is 6.79. The third-order valence-electron chi connectivity index (χ3n) is 8.97. The molecule has 39 heavy (non-hydrogen) atoms. The summed E-state index contributed by atoms with van der Waals surface area (Å²) in [6.45, 7) is 2.85. The van der Waals surface area contributed by atoms with E-state index in [0.29, 0.717) is 48.9 Å². The van der Waals surface area contributed by atoms with E-state index >= 15 is 0 Å². The zero-order valence-corrected chi connectivity index (χ0v) is 21.5. The third-order valence-corrected chi connectivity index (χ3v) is 8.97. The Morgan fingerprint density at radius 3 is 2.72 bits per heavy atom. The van der Waals surface area contributed by atoms with Crippen LogP contribution in [0, 0.1) is 5.41 Å². The van der Waals surface area contributed by atoms with Gasteiger partial charge in [0.05, 0.1) is 23.6 Å². The van der Waals surface area contributed by atoms with Crippen LogP contribution in [0.25, 0.3) is 0 Å². The van der Waals surface area contributed by atoms with Crippen LogP contribution < -0.4 is 9.47 Å². The van der Waals surface area contributed by atoms with Gasteiger partial charge in [0.15, 0.2) is 6.73 Å². The van der Waals surface area contributed by atoms with Gasteiger partial charge in [-0.3, -0.25) is 9.59 Å². The minimum atomic E-state index is -4.46. The van der Waals surface area contributed by atoms with E-state index in [2.05, 4.69) is 11.0 Å². The second kappa shape index (κ2) is 10.1. The number of hydrogen-bond donors (Lipinski definition) is 0. The average Bonchev–Trinajstić information content (AvgIpc) is 3.51. The molecule has 3 heterocycles. The number of benzene rings is 2. The summed E-state index contributed by atoms with van der Waals surface area (Å²) < 4.78 is 56.6. The van der Waals surface area contributed by atoms with Crippen LogP contribution in [0.15, 0.2) is 42.5 Å². The van der Waals surface area contributed by atoms with Crippen molar-refractivity contribution in [3.8, 4) is 11.5 Å². The second-order valence-corrected chi connectivity index (χ2v) is 11.1. The molecule has 4 aliphatic rings. The maximum Gasteiger partial charge on any atom is 0.416 e. The van der Waals surface area contributed by atoms with E-state index in [1.165, 1.54) is 6.07 Å². The zero-order valence-electron chi connectivity index (χ0n) is 21.5. The predicted molar refractivity (Wildman–Crippen MR) is 134 cm³/mol. The molecule has 3 aliphatic heterocycles. The smallest absolute Gasteiger partial charge is 0.416 e. The highest BCUT2D eigenvalue weighted by atomic mass is 19.4. The van der Waals surface area contributed by atoms with Gasteiger partial charge in [-0.1, -0.05) is 12.1 Å². The van der Waals surface area contributed by atoms with Gasteiger partial charge in [0.1, 0.15) is 11.5 Å². The van der Waals surface area contributed by atoms with E-state index < -0.39 is 17.2 Å². The maximum atomic E-state index is 13.9. The summed E-state index contributed by atoms with van der Waals surface area (Å²) >= 11 is 0. The number of carbonyl (C=O) groups is 2. The number of hydrogen-bond acceptors (Lipinski definition) is 6. The van der Waals surface area contributed by atoms with Crippen molar-refractivity contribution in [2.24, 2.45) is 5.41 Å². The fraction of sp³-hybridized carbons (Fsp3) is 0.517. The summed E-state index contributed by atoms with van der Waals surface area (Å²) in [5.41, 5.74) is 0.110. The molecule has 1 amide bonds. The van der Waals surface area contributed by atoms with E-state index in [-0.39, 0.29) is 31.3 Å². The Labute approximate surface area is 224 Å². The minimum absolute atomic E-state index is 0.0224. The van der Waals surface area contributed by atoms with Gasteiger partial charge >= 0.3 is 6.18 Å². The molecule has 7 nitrogen and oxygen atoms in total. The van der Waals surface area contributed by atoms with E-state index in [9.17, 15) is 22.8 Å². The standard InChI is InChI=1S/C29H31F3N2O5/c30-29(31,32)22-4-5-25-21(12-22)16-34(17-38-25)27(36)28-8-11-37-26(28)14-23(15-28)33-9-6-19(7-10-33)20-2-1-3-24(13-20)39-18-35/h1-5,12-13,18-19,23,26H,6-11,14-17H2/t23-,26-,28-/m1/s1. The molecule has 1 saturated carbocycles. The zero-order chi connectivity index (χ0) is 27.2. The molecule has 1 aliphatic carbocycles. The molecule has 2 aromatic carbocycles. The Morgan fingerprint density at radius 1 is 1.13 bits per heavy atom. The van der Waals surface area contributed by atoms with E-state index in [0.717, 1.165) is 50.0 Å². The molecule has 0 bridgehead atoms. The van der Waals surface area contributed by atoms with Crippen LogP contribution in [0.4, 0.5) is 13.2 Å². The number of fused-ring (bicyclic) bond motifs is 2. The Morgan fingerprint density at radius 2 is 1.95 bits per heavy atom. The number of rotatable bonds is 5. The first-order chi connectivity index (χ1) is 18.8. The Hall–Kier alpha value is -3.11. The summed E-state index contributed by atoms with van der Waals surface area (Å²) in [7, 11) is 0. The first-order valence-electron chi connectivity index (χ1n) is 13.4. The maximum absolute atomic E-state index is 13.9. The van der Waals surface area contributed by atoms with Gasteiger partial charge in [-0.15, -0.1) is 0 Å². The molecule has 2 saturated heterocycles. The van der Waals surface area contributed by atoms with Crippen LogP contribution in [0.1, 0.15) is 54.7 Å². The topological polar surface area (TPSA) is 68.3 Å². The van der Waals surface area contributed by atoms with Crippen LogP contribution in [0.5, 0.6) is 11.5 Å². The number of ether oxygens (including phenoxy) is 3. The summed E-state index contributed by atoms with van der Waals surface area (Å²) in [5, 5.41) is 0. The number of amides is 1. The molecular formula is C29H31F3N2O5. The molecule has 6 rings (SSSR count). The van der Waals surface area contributed by atoms with Crippen molar-refractivity contribution >= 4 is 12.4 Å². The minimum Gasteiger partial charge on any atom is -0.473 e. The first-order valence-corrected chi connectivity index (χ1v) is 13.4. The van der Waals surface area contributed by atoms with Crippen molar-refractivity contribution in [3.05, 3.63) is 59.2 Å². The van der Waals surface area contributed by atoms with Crippen molar-refractivity contribution in [1.29, 1.82) is 0 Å².